The molecule has 0 saturated carbocycles. The number of nitrogens with zero attached hydrogens (tertiary/aromatic N) is 6. The van der Waals surface area contributed by atoms with Gasteiger partial charge in [-0.15, -0.1) is 0 Å². The smallest absolute Gasteiger partial charge is 0.419 e. The van der Waals surface area contributed by atoms with Crippen LogP contribution in [0.25, 0.3) is 22.3 Å². The Labute approximate surface area is 249 Å². The Morgan fingerprint density at radius 2 is 1.91 bits per heavy atom. The predicted molar refractivity (Wildman–Crippen MR) is 153 cm³/mol. The van der Waals surface area contributed by atoms with Crippen molar-refractivity contribution in [3.05, 3.63) is 41.5 Å². The number of rotatable bonds is 5. The third kappa shape index (κ3) is 6.38. The number of aryl methyl sites for hydroxylation is 2. The third-order valence-electron chi connectivity index (χ3n) is 6.90. The number of nitrogens with one attached hydrogen (secondary N) is 2. The highest BCUT2D eigenvalue weighted by Crippen LogP contribution is 2.40. The van der Waals surface area contributed by atoms with Gasteiger partial charge in [0.25, 0.3) is 0 Å². The van der Waals surface area contributed by atoms with Crippen molar-refractivity contribution in [2.45, 2.75) is 65.3 Å². The van der Waals surface area contributed by atoms with Gasteiger partial charge in [0.2, 0.25) is 5.95 Å². The highest BCUT2D eigenvalue weighted by Gasteiger charge is 2.37. The minimum Gasteiger partial charge on any atom is -0.464 e. The van der Waals surface area contributed by atoms with Crippen LogP contribution in [0.5, 0.6) is 0 Å². The number of hydrogen-bond acceptors (Lipinski definition) is 10. The molecule has 44 heavy (non-hydrogen) atoms. The summed E-state index contributed by atoms with van der Waals surface area (Å²) in [6.45, 7) is 9.37. The molecule has 1 saturated heterocycles. The molecule has 0 spiro atoms. The van der Waals surface area contributed by atoms with Crippen LogP contribution in [-0.2, 0) is 10.9 Å². The minimum absolute atomic E-state index is 0.101. The highest BCUT2D eigenvalue weighted by molar-refractivity contribution is 5.99. The number of ether oxygens (including phenoxy) is 1. The van der Waals surface area contributed by atoms with Crippen molar-refractivity contribution in [2.75, 3.05) is 23.7 Å². The van der Waals surface area contributed by atoms with Crippen LogP contribution < -0.4 is 10.6 Å². The third-order valence-corrected chi connectivity index (χ3v) is 6.90. The number of alkyl halides is 3. The molecule has 234 valence electrons. The largest absolute Gasteiger partial charge is 0.464 e. The van der Waals surface area contributed by atoms with Crippen LogP contribution in [-0.4, -0.2) is 71.6 Å². The number of fused-ring (bicyclic) bond motifs is 1. The first-order valence-electron chi connectivity index (χ1n) is 13.7. The Hall–Kier alpha value is -4.89. The molecule has 0 aliphatic carbocycles. The molecule has 3 N–H and O–H groups in total. The fraction of sp³-hybridized carbons (Fsp3) is 0.429. The van der Waals surface area contributed by atoms with Crippen LogP contribution in [0.15, 0.2) is 29.0 Å². The van der Waals surface area contributed by atoms with Gasteiger partial charge in [-0.2, -0.15) is 13.2 Å². The lowest BCUT2D eigenvalue weighted by molar-refractivity contribution is -0.137. The second-order valence-electron chi connectivity index (χ2n) is 11.5. The Morgan fingerprint density at radius 3 is 2.55 bits per heavy atom. The summed E-state index contributed by atoms with van der Waals surface area (Å²) in [4.78, 5) is 38.8. The van der Waals surface area contributed by atoms with Crippen LogP contribution in [0, 0.1) is 13.8 Å². The van der Waals surface area contributed by atoms with Crippen LogP contribution in [0.2, 0.25) is 0 Å². The van der Waals surface area contributed by atoms with Gasteiger partial charge in [0.1, 0.15) is 28.4 Å². The van der Waals surface area contributed by atoms with Crippen molar-refractivity contribution in [2.24, 2.45) is 0 Å². The van der Waals surface area contributed by atoms with Gasteiger partial charge < -0.3 is 29.9 Å². The summed E-state index contributed by atoms with van der Waals surface area (Å²) in [6, 6.07) is 2.61. The number of pyridine rings is 1. The normalized spacial score (nSPS) is 15.8. The first kappa shape index (κ1) is 30.6. The van der Waals surface area contributed by atoms with E-state index in [9.17, 15) is 27.9 Å². The highest BCUT2D eigenvalue weighted by atomic mass is 19.4. The molecule has 1 aliphatic rings. The van der Waals surface area contributed by atoms with Crippen molar-refractivity contribution in [3.63, 3.8) is 0 Å². The lowest BCUT2D eigenvalue weighted by Gasteiger charge is -2.34. The summed E-state index contributed by atoms with van der Waals surface area (Å²) in [7, 11) is 0. The fourth-order valence-corrected chi connectivity index (χ4v) is 4.93. The molecule has 1 fully saturated rings. The van der Waals surface area contributed by atoms with E-state index in [1.54, 1.807) is 34.6 Å². The molecule has 0 radical (unpaired) electrons. The number of hydrogen-bond donors (Lipinski definition) is 3. The number of aromatic nitrogens is 5. The van der Waals surface area contributed by atoms with Gasteiger partial charge >= 0.3 is 18.4 Å². The average Bonchev–Trinajstić information content (AvgIpc) is 3.47. The van der Waals surface area contributed by atoms with Gasteiger partial charge in [0.15, 0.2) is 11.4 Å². The molecule has 4 aromatic heterocycles. The summed E-state index contributed by atoms with van der Waals surface area (Å²) in [5.74, 6) is 0.596. The van der Waals surface area contributed by atoms with E-state index in [0.29, 0.717) is 42.7 Å². The van der Waals surface area contributed by atoms with Crippen LogP contribution in [0.4, 0.5) is 40.2 Å². The Bertz CT molecular complexity index is 1710. The van der Waals surface area contributed by atoms with Gasteiger partial charge in [-0.3, -0.25) is 0 Å². The number of carboxylic acid groups (broad SMARTS) is 1. The molecule has 0 bridgehead atoms. The van der Waals surface area contributed by atoms with Crippen molar-refractivity contribution in [1.82, 2.24) is 29.6 Å². The molecule has 1 atom stereocenters. The first-order valence-corrected chi connectivity index (χ1v) is 13.7. The average molecular weight is 617 g/mol. The van der Waals surface area contributed by atoms with E-state index in [1.807, 2.05) is 0 Å². The van der Waals surface area contributed by atoms with Crippen LogP contribution >= 0.6 is 0 Å². The molecule has 5 heterocycles. The maximum Gasteiger partial charge on any atom is 0.419 e. The summed E-state index contributed by atoms with van der Waals surface area (Å²) < 4.78 is 53.9. The number of piperidine rings is 1. The Morgan fingerprint density at radius 1 is 1.16 bits per heavy atom. The van der Waals surface area contributed by atoms with Crippen molar-refractivity contribution in [1.29, 1.82) is 0 Å². The number of anilines is 3. The summed E-state index contributed by atoms with van der Waals surface area (Å²) >= 11 is 0. The molecule has 16 heteroatoms. The van der Waals surface area contributed by atoms with Crippen LogP contribution in [0.1, 0.15) is 50.6 Å². The van der Waals surface area contributed by atoms with E-state index >= 15 is 0 Å². The summed E-state index contributed by atoms with van der Waals surface area (Å²) in [5.41, 5.74) is -1.48. The SMILES string of the molecule is Cc1noc(C)c1Nc1ccc2c(-c3nc(NC4CCCN(C(=O)OC(C)(C)C)C4)ncc3C(F)(F)F)cn(C(=O)O)c2n1. The Kier molecular flexibility index (Phi) is 7.86. The fourth-order valence-electron chi connectivity index (χ4n) is 4.93. The van der Waals surface area contributed by atoms with Crippen molar-refractivity contribution < 1.29 is 37.1 Å². The number of carbonyl (C=O) groups is 2. The molecule has 5 rings (SSSR count). The molecular formula is C28H31F3N8O5. The van der Waals surface area contributed by atoms with Crippen molar-refractivity contribution >= 4 is 40.7 Å². The predicted octanol–water partition coefficient (Wildman–Crippen LogP) is 6.20. The van der Waals surface area contributed by atoms with Gasteiger partial charge in [-0.1, -0.05) is 5.16 Å². The molecule has 1 unspecified atom stereocenters. The summed E-state index contributed by atoms with van der Waals surface area (Å²) in [5, 5.41) is 19.9. The van der Waals surface area contributed by atoms with Gasteiger partial charge in [0.05, 0.1) is 5.69 Å². The molecule has 1 aliphatic heterocycles. The van der Waals surface area contributed by atoms with Crippen LogP contribution in [0.3, 0.4) is 0 Å². The zero-order valence-corrected chi connectivity index (χ0v) is 24.6. The van der Waals surface area contributed by atoms with Crippen molar-refractivity contribution in [3.8, 4) is 11.3 Å². The van der Waals surface area contributed by atoms with E-state index in [-0.39, 0.29) is 40.9 Å². The van der Waals surface area contributed by atoms with Gasteiger partial charge in [-0.05, 0) is 59.6 Å². The summed E-state index contributed by atoms with van der Waals surface area (Å²) in [6.07, 6.45) is -3.84. The molecular weight excluding hydrogens is 585 g/mol. The van der Waals surface area contributed by atoms with E-state index in [2.05, 4.69) is 30.7 Å². The molecule has 4 aromatic rings. The van der Waals surface area contributed by atoms with Gasteiger partial charge in [0, 0.05) is 42.5 Å². The maximum absolute atomic E-state index is 14.2. The first-order chi connectivity index (χ1) is 20.6. The second kappa shape index (κ2) is 11.3. The van der Waals surface area contributed by atoms with E-state index < -0.39 is 35.2 Å². The standard InChI is InChI=1S/C28H31F3N8O5/c1-14-21(15(2)44-37-14)34-20-9-8-17-18(13-39(25(40)41)23(17)35-20)22-19(28(29,30)31)11-32-24(36-22)33-16-7-6-10-38(12-16)26(42)43-27(3,4)5/h8-9,11,13,16H,6-7,10,12H2,1-5H3,(H,34,35)(H,40,41)(H,32,33,36). The number of carbonyl (C=O) groups excluding carboxylic acids is 1. The van der Waals surface area contributed by atoms with E-state index in [0.717, 1.165) is 10.8 Å². The number of halogens is 3. The second-order valence-corrected chi connectivity index (χ2v) is 11.5. The van der Waals surface area contributed by atoms with E-state index in [1.165, 1.54) is 17.0 Å². The maximum atomic E-state index is 14.2. The van der Waals surface area contributed by atoms with E-state index in [4.69, 9.17) is 9.26 Å². The molecule has 13 nitrogen and oxygen atoms in total. The quantitative estimate of drug-likeness (QED) is 0.234. The lowest BCUT2D eigenvalue weighted by atomic mass is 10.1. The number of likely N-dealkylation sites (tertiary alicyclic amines) is 1. The zero-order valence-electron chi connectivity index (χ0n) is 24.6. The lowest BCUT2D eigenvalue weighted by Crippen LogP contribution is -2.47. The molecule has 0 aromatic carbocycles. The Balaban J connectivity index is 1.51. The monoisotopic (exact) mass is 616 g/mol. The van der Waals surface area contributed by atoms with Gasteiger partial charge in [-0.25, -0.2) is 29.1 Å². The minimum atomic E-state index is -4.85. The number of amides is 1. The zero-order chi connectivity index (χ0) is 32.0. The topological polar surface area (TPSA) is 161 Å². The molecule has 1 amide bonds.